The zero-order valence-corrected chi connectivity index (χ0v) is 25.1. The Balaban J connectivity index is 0.00000337. The fourth-order valence-corrected chi connectivity index (χ4v) is 5.84. The molecule has 41 heavy (non-hydrogen) atoms. The predicted molar refractivity (Wildman–Crippen MR) is 149 cm³/mol. The summed E-state index contributed by atoms with van der Waals surface area (Å²) in [6.07, 6.45) is 0. The molecule has 0 amide bonds. The van der Waals surface area contributed by atoms with Crippen LogP contribution >= 0.6 is 12.0 Å². The molecule has 0 bridgehead atoms. The monoisotopic (exact) mass is 594 g/mol. The van der Waals surface area contributed by atoms with Crippen LogP contribution < -0.4 is 45.9 Å². The molecule has 200 valence electrons. The second-order valence-electron chi connectivity index (χ2n) is 8.75. The van der Waals surface area contributed by atoms with Gasteiger partial charge in [-0.1, -0.05) is 48.5 Å². The Morgan fingerprint density at radius 2 is 1.66 bits per heavy atom. The summed E-state index contributed by atoms with van der Waals surface area (Å²) in [5.74, 6) is 0. The molecule has 1 aliphatic heterocycles. The summed E-state index contributed by atoms with van der Waals surface area (Å²) in [7, 11) is -4.61. The van der Waals surface area contributed by atoms with Crippen LogP contribution in [0.5, 0.6) is 0 Å². The summed E-state index contributed by atoms with van der Waals surface area (Å²) in [6, 6.07) is 28.3. The molecule has 13 heteroatoms. The van der Waals surface area contributed by atoms with Crippen molar-refractivity contribution in [2.24, 2.45) is 4.99 Å². The first kappa shape index (κ1) is 29.2. The van der Waals surface area contributed by atoms with E-state index in [1.54, 1.807) is 42.5 Å². The average molecular weight is 595 g/mol. The zero-order chi connectivity index (χ0) is 27.9. The number of nitrogens with two attached hydrogens (primary N) is 1. The van der Waals surface area contributed by atoms with E-state index in [1.807, 2.05) is 53.1 Å². The third kappa shape index (κ3) is 5.62. The van der Waals surface area contributed by atoms with Crippen LogP contribution in [0.25, 0.3) is 38.9 Å². The maximum absolute atomic E-state index is 12.5. The Hall–Kier alpha value is -3.30. The van der Waals surface area contributed by atoms with Gasteiger partial charge in [0.05, 0.1) is 50.4 Å². The number of fused-ring (bicyclic) bond motifs is 4. The number of nitrogens with zero attached hydrogens (tertiary/aromatic N) is 3. The SMILES string of the molecule is Nc1cc2c(cc1SOO[O-])nc1c3cccc(S(=O)(=O)O)c3c(=Nc3ccccc3)cc-1n2-c1ccccc1.[Na+]. The smallest absolute Gasteiger partial charge is 0.691 e. The molecule has 0 atom stereocenters. The molecule has 1 aliphatic carbocycles. The fraction of sp³-hybridized carbons (Fsp3) is 0. The Morgan fingerprint density at radius 3 is 2.34 bits per heavy atom. The Kier molecular flexibility index (Phi) is 8.47. The van der Waals surface area contributed by atoms with Crippen LogP contribution in [0.15, 0.2) is 112 Å². The van der Waals surface area contributed by atoms with E-state index in [1.165, 1.54) is 6.07 Å². The van der Waals surface area contributed by atoms with Crippen LogP contribution in [0.4, 0.5) is 11.4 Å². The van der Waals surface area contributed by atoms with Crippen LogP contribution in [0.2, 0.25) is 0 Å². The van der Waals surface area contributed by atoms with E-state index in [4.69, 9.17) is 15.7 Å². The van der Waals surface area contributed by atoms with Gasteiger partial charge in [-0.25, -0.2) is 9.98 Å². The third-order valence-electron chi connectivity index (χ3n) is 6.32. The molecule has 2 aliphatic rings. The van der Waals surface area contributed by atoms with Gasteiger partial charge in [-0.15, -0.1) is 0 Å². The van der Waals surface area contributed by atoms with Gasteiger partial charge in [-0.3, -0.25) is 9.59 Å². The summed E-state index contributed by atoms with van der Waals surface area (Å²) in [6.45, 7) is 0. The van der Waals surface area contributed by atoms with Gasteiger partial charge in [0.1, 0.15) is 4.90 Å². The molecular formula is C28H19N4NaO6S2. The minimum Gasteiger partial charge on any atom is -0.691 e. The molecule has 0 saturated carbocycles. The fourth-order valence-electron chi connectivity index (χ4n) is 4.70. The number of aromatic nitrogens is 2. The molecule has 3 N–H and O–H groups in total. The Bertz CT molecular complexity index is 2040. The maximum atomic E-state index is 12.5. The standard InChI is InChI=1S/C28H20N4O6S2.Na/c29-20-14-23-21(16-25(20)39-38-37-33)31-28-19-12-7-13-26(40(34,35)36)27(19)22(30-17-8-3-1-4-9-17)15-24(28)32(23)18-10-5-2-6-11-18;/h1-16,33H,29H2,(H,34,35,36);/q;+1/p-1. The molecule has 6 rings (SSSR count). The summed E-state index contributed by atoms with van der Waals surface area (Å²) in [5, 5.41) is 14.9. The van der Waals surface area contributed by atoms with Crippen molar-refractivity contribution in [2.45, 2.75) is 9.79 Å². The summed E-state index contributed by atoms with van der Waals surface area (Å²) >= 11 is 0.646. The zero-order valence-electron chi connectivity index (χ0n) is 21.5. The number of nitrogen functional groups attached to an aromatic ring is 1. The van der Waals surface area contributed by atoms with Crippen molar-refractivity contribution >= 4 is 55.3 Å². The van der Waals surface area contributed by atoms with Gasteiger partial charge >= 0.3 is 29.6 Å². The number of rotatable bonds is 6. The number of hydrogen-bond acceptors (Lipinski definition) is 9. The molecule has 0 radical (unpaired) electrons. The minimum atomic E-state index is -4.61. The van der Waals surface area contributed by atoms with E-state index in [2.05, 4.69) is 9.37 Å². The first-order valence-electron chi connectivity index (χ1n) is 11.8. The van der Waals surface area contributed by atoms with Crippen molar-refractivity contribution in [2.75, 3.05) is 5.73 Å². The Labute approximate surface area is 260 Å². The number of para-hydroxylation sites is 2. The molecule has 0 saturated heterocycles. The van der Waals surface area contributed by atoms with Crippen LogP contribution in [0, 0.1) is 0 Å². The van der Waals surface area contributed by atoms with E-state index < -0.39 is 10.1 Å². The summed E-state index contributed by atoms with van der Waals surface area (Å²) in [4.78, 5) is 9.77. The van der Waals surface area contributed by atoms with Gasteiger partial charge in [0.15, 0.2) is 0 Å². The summed E-state index contributed by atoms with van der Waals surface area (Å²) in [5.41, 5.74) is 10.2. The van der Waals surface area contributed by atoms with Crippen molar-refractivity contribution < 1.29 is 57.2 Å². The first-order chi connectivity index (χ1) is 19.3. The number of benzene rings is 5. The van der Waals surface area contributed by atoms with Crippen LogP contribution in [0.1, 0.15) is 0 Å². The molecule has 4 aromatic carbocycles. The molecular weight excluding hydrogens is 575 g/mol. The van der Waals surface area contributed by atoms with Gasteiger partial charge in [0, 0.05) is 22.1 Å². The predicted octanol–water partition coefficient (Wildman–Crippen LogP) is 1.58. The quantitative estimate of drug-likeness (QED) is 0.0428. The summed E-state index contributed by atoms with van der Waals surface area (Å²) < 4.78 is 41.6. The van der Waals surface area contributed by atoms with Crippen LogP contribution in [-0.2, 0) is 19.5 Å². The van der Waals surface area contributed by atoms with E-state index in [0.29, 0.717) is 61.5 Å². The number of hydrogen-bond donors (Lipinski definition) is 2. The third-order valence-corrected chi connectivity index (χ3v) is 7.88. The molecule has 4 aromatic rings. The normalized spacial score (nSPS) is 12.2. The second-order valence-corrected chi connectivity index (χ2v) is 10.9. The van der Waals surface area contributed by atoms with E-state index in [-0.39, 0.29) is 39.8 Å². The molecule has 0 aromatic heterocycles. The van der Waals surface area contributed by atoms with Gasteiger partial charge in [0.2, 0.25) is 0 Å². The second kappa shape index (κ2) is 11.9. The van der Waals surface area contributed by atoms with Crippen LogP contribution in [0.3, 0.4) is 0 Å². The maximum Gasteiger partial charge on any atom is 1.00 e. The van der Waals surface area contributed by atoms with Crippen molar-refractivity contribution in [1.29, 1.82) is 0 Å². The topological polar surface area (TPSA) is 152 Å². The van der Waals surface area contributed by atoms with Crippen molar-refractivity contribution in [1.82, 2.24) is 9.55 Å². The molecule has 1 heterocycles. The van der Waals surface area contributed by atoms with Crippen molar-refractivity contribution in [3.05, 3.63) is 102 Å². The largest absolute Gasteiger partial charge is 1.00 e. The van der Waals surface area contributed by atoms with E-state index in [0.717, 1.165) is 5.69 Å². The average Bonchev–Trinajstić information content (AvgIpc) is 2.95. The van der Waals surface area contributed by atoms with E-state index in [9.17, 15) is 18.2 Å². The van der Waals surface area contributed by atoms with Gasteiger partial charge in [-0.05, 0) is 48.5 Å². The number of anilines is 1. The van der Waals surface area contributed by atoms with Crippen LogP contribution in [-0.4, -0.2) is 22.5 Å². The van der Waals surface area contributed by atoms with Crippen molar-refractivity contribution in [3.8, 4) is 17.1 Å². The molecule has 10 nitrogen and oxygen atoms in total. The Morgan fingerprint density at radius 1 is 0.951 bits per heavy atom. The van der Waals surface area contributed by atoms with Gasteiger partial charge < -0.3 is 15.6 Å². The molecule has 0 unspecified atom stereocenters. The van der Waals surface area contributed by atoms with Crippen molar-refractivity contribution in [3.63, 3.8) is 0 Å². The first-order valence-corrected chi connectivity index (χ1v) is 14.0. The molecule has 0 spiro atoms. The van der Waals surface area contributed by atoms with Gasteiger partial charge in [-0.2, -0.15) is 12.8 Å². The van der Waals surface area contributed by atoms with E-state index >= 15 is 0 Å². The van der Waals surface area contributed by atoms with Gasteiger partial charge in [0.25, 0.3) is 10.1 Å². The minimum absolute atomic E-state index is 0. The molecule has 0 fully saturated rings.